The van der Waals surface area contributed by atoms with E-state index in [1.807, 2.05) is 0 Å². The van der Waals surface area contributed by atoms with Crippen LogP contribution in [0.15, 0.2) is 22.7 Å². The minimum Gasteiger partial charge on any atom is -0.449 e. The van der Waals surface area contributed by atoms with E-state index in [1.54, 1.807) is 17.0 Å². The van der Waals surface area contributed by atoms with E-state index in [0.29, 0.717) is 23.0 Å². The summed E-state index contributed by atoms with van der Waals surface area (Å²) in [6.07, 6.45) is 3.81. The van der Waals surface area contributed by atoms with Crippen molar-refractivity contribution in [3.63, 3.8) is 0 Å². The summed E-state index contributed by atoms with van der Waals surface area (Å²) in [5.74, 6) is 0.751. The van der Waals surface area contributed by atoms with Crippen LogP contribution in [0.4, 0.5) is 0 Å². The average Bonchev–Trinajstić information content (AvgIpc) is 3.28. The highest BCUT2D eigenvalue weighted by Gasteiger charge is 2.33. The number of furan rings is 1. The largest absolute Gasteiger partial charge is 0.449 e. The highest BCUT2D eigenvalue weighted by molar-refractivity contribution is 5.99. The number of carbonyl (C=O) groups excluding carboxylic acids is 2. The molecule has 7 nitrogen and oxygen atoms in total. The first-order chi connectivity index (χ1) is 12.2. The maximum absolute atomic E-state index is 12.6. The lowest BCUT2D eigenvalue weighted by molar-refractivity contribution is 0.0856. The van der Waals surface area contributed by atoms with Crippen molar-refractivity contribution < 1.29 is 14.0 Å². The molecule has 5 heterocycles. The number of piperidine rings is 1. The monoisotopic (exact) mass is 340 g/mol. The number of hydrogen-bond donors (Lipinski definition) is 1. The van der Waals surface area contributed by atoms with E-state index in [4.69, 9.17) is 4.42 Å². The number of nitrogens with one attached hydrogen (secondary N) is 1. The molecule has 5 rings (SSSR count). The fourth-order valence-electron chi connectivity index (χ4n) is 4.01. The molecule has 130 valence electrons. The van der Waals surface area contributed by atoms with E-state index >= 15 is 0 Å². The number of fused-ring (bicyclic) bond motifs is 3. The van der Waals surface area contributed by atoms with E-state index in [0.717, 1.165) is 38.0 Å². The molecule has 3 aliphatic rings. The van der Waals surface area contributed by atoms with Gasteiger partial charge in [0.2, 0.25) is 0 Å². The Hall–Kier alpha value is -2.41. The number of nitrogens with zero attached hydrogens (tertiary/aromatic N) is 3. The number of aromatic nitrogens is 1. The van der Waals surface area contributed by atoms with Crippen molar-refractivity contribution in [3.8, 4) is 0 Å². The fraction of sp³-hybridized carbons (Fsp3) is 0.500. The molecule has 3 unspecified atom stereocenters. The van der Waals surface area contributed by atoms with Crippen molar-refractivity contribution in [1.29, 1.82) is 0 Å². The minimum atomic E-state index is -0.158. The van der Waals surface area contributed by atoms with Crippen LogP contribution in [0.3, 0.4) is 0 Å². The van der Waals surface area contributed by atoms with Crippen molar-refractivity contribution in [2.24, 2.45) is 5.92 Å². The maximum Gasteiger partial charge on any atom is 0.289 e. The number of carbonyl (C=O) groups is 2. The SMILES string of the molecule is O=C(NC1CC2CCN(C2)C1)c1cc2cc(C(=O)N3CC3)oc2cn1. The Labute approximate surface area is 145 Å². The fourth-order valence-corrected chi connectivity index (χ4v) is 4.01. The molecule has 0 aliphatic carbocycles. The Morgan fingerprint density at radius 3 is 2.88 bits per heavy atom. The Balaban J connectivity index is 1.33. The molecule has 2 aromatic heterocycles. The van der Waals surface area contributed by atoms with Crippen molar-refractivity contribution in [2.45, 2.75) is 18.9 Å². The number of rotatable bonds is 3. The van der Waals surface area contributed by atoms with E-state index < -0.39 is 0 Å². The predicted octanol–water partition coefficient (Wildman–Crippen LogP) is 1.11. The third-order valence-corrected chi connectivity index (χ3v) is 5.38. The molecular weight excluding hydrogens is 320 g/mol. The van der Waals surface area contributed by atoms with Crippen molar-refractivity contribution in [1.82, 2.24) is 20.1 Å². The maximum atomic E-state index is 12.6. The van der Waals surface area contributed by atoms with E-state index in [2.05, 4.69) is 15.2 Å². The van der Waals surface area contributed by atoms with Gasteiger partial charge < -0.3 is 19.5 Å². The standard InChI is InChI=1S/C18H20N4O3/c23-17(20-13-5-11-1-2-21(9-11)10-13)14-6-12-7-15(18(24)22-3-4-22)25-16(12)8-19-14/h6-8,11,13H,1-5,9-10H2,(H,20,23). The summed E-state index contributed by atoms with van der Waals surface area (Å²) < 4.78 is 5.56. The van der Waals surface area contributed by atoms with Crippen LogP contribution >= 0.6 is 0 Å². The smallest absolute Gasteiger partial charge is 0.289 e. The van der Waals surface area contributed by atoms with Crippen molar-refractivity contribution >= 4 is 22.8 Å². The molecule has 3 saturated heterocycles. The molecule has 2 bridgehead atoms. The van der Waals surface area contributed by atoms with E-state index in [9.17, 15) is 9.59 Å². The molecular formula is C18H20N4O3. The molecule has 0 saturated carbocycles. The molecule has 7 heteroatoms. The molecule has 0 aromatic carbocycles. The first kappa shape index (κ1) is 14.9. The molecule has 2 amide bonds. The molecule has 1 N–H and O–H groups in total. The van der Waals surface area contributed by atoms with Gasteiger partial charge in [0.1, 0.15) is 5.69 Å². The van der Waals surface area contributed by atoms with Gasteiger partial charge in [-0.2, -0.15) is 0 Å². The van der Waals surface area contributed by atoms with Crippen molar-refractivity contribution in [2.75, 3.05) is 32.7 Å². The highest BCUT2D eigenvalue weighted by atomic mass is 16.3. The second kappa shape index (κ2) is 5.56. The Bertz CT molecular complexity index is 845. The van der Waals surface area contributed by atoms with Gasteiger partial charge >= 0.3 is 0 Å². The van der Waals surface area contributed by atoms with Gasteiger partial charge in [-0.25, -0.2) is 4.98 Å². The van der Waals surface area contributed by atoms with E-state index in [1.165, 1.54) is 19.2 Å². The summed E-state index contributed by atoms with van der Waals surface area (Å²) in [4.78, 5) is 32.9. The van der Waals surface area contributed by atoms with Gasteiger partial charge in [-0.3, -0.25) is 9.59 Å². The minimum absolute atomic E-state index is 0.103. The molecule has 3 atom stereocenters. The van der Waals surface area contributed by atoms with Gasteiger partial charge in [0.15, 0.2) is 11.3 Å². The van der Waals surface area contributed by atoms with Crippen LogP contribution in [0.5, 0.6) is 0 Å². The highest BCUT2D eigenvalue weighted by Crippen LogP contribution is 2.27. The topological polar surface area (TPSA) is 78.5 Å². The van der Waals surface area contributed by atoms with Gasteiger partial charge in [-0.1, -0.05) is 0 Å². The van der Waals surface area contributed by atoms with Crippen LogP contribution in [0.25, 0.3) is 11.0 Å². The lowest BCUT2D eigenvalue weighted by Gasteiger charge is -2.30. The first-order valence-corrected chi connectivity index (χ1v) is 8.88. The Kier molecular flexibility index (Phi) is 3.31. The summed E-state index contributed by atoms with van der Waals surface area (Å²) in [5, 5.41) is 3.84. The van der Waals surface area contributed by atoms with Crippen LogP contribution in [0.2, 0.25) is 0 Å². The van der Waals surface area contributed by atoms with Gasteiger partial charge in [-0.05, 0) is 37.4 Å². The van der Waals surface area contributed by atoms with Crippen molar-refractivity contribution in [3.05, 3.63) is 29.8 Å². The average molecular weight is 340 g/mol. The van der Waals surface area contributed by atoms with Crippen LogP contribution in [0, 0.1) is 5.92 Å². The lowest BCUT2D eigenvalue weighted by Crippen LogP contribution is -2.47. The zero-order valence-corrected chi connectivity index (χ0v) is 13.9. The normalized spacial score (nSPS) is 27.5. The molecule has 3 fully saturated rings. The second-order valence-electron chi connectivity index (χ2n) is 7.33. The van der Waals surface area contributed by atoms with Gasteiger partial charge in [0.25, 0.3) is 11.8 Å². The molecule has 2 aromatic rings. The van der Waals surface area contributed by atoms with Gasteiger partial charge in [0.05, 0.1) is 6.20 Å². The van der Waals surface area contributed by atoms with Crippen LogP contribution < -0.4 is 5.32 Å². The quantitative estimate of drug-likeness (QED) is 0.847. The number of hydrogen-bond acceptors (Lipinski definition) is 5. The van der Waals surface area contributed by atoms with E-state index in [-0.39, 0.29) is 17.9 Å². The molecule has 0 radical (unpaired) electrons. The summed E-state index contributed by atoms with van der Waals surface area (Å²) >= 11 is 0. The van der Waals surface area contributed by atoms with Crippen LogP contribution in [-0.2, 0) is 0 Å². The first-order valence-electron chi connectivity index (χ1n) is 8.88. The zero-order chi connectivity index (χ0) is 17.0. The molecule has 3 aliphatic heterocycles. The number of pyridine rings is 1. The zero-order valence-electron chi connectivity index (χ0n) is 13.9. The Morgan fingerprint density at radius 2 is 2.08 bits per heavy atom. The predicted molar refractivity (Wildman–Crippen MR) is 90.3 cm³/mol. The summed E-state index contributed by atoms with van der Waals surface area (Å²) in [5.41, 5.74) is 0.899. The van der Waals surface area contributed by atoms with Crippen LogP contribution in [-0.4, -0.2) is 65.4 Å². The third-order valence-electron chi connectivity index (χ3n) is 5.38. The van der Waals surface area contributed by atoms with Gasteiger partial charge in [0, 0.05) is 37.6 Å². The summed E-state index contributed by atoms with van der Waals surface area (Å²) in [7, 11) is 0. The van der Waals surface area contributed by atoms with Crippen LogP contribution in [0.1, 0.15) is 33.9 Å². The lowest BCUT2D eigenvalue weighted by atomic mass is 9.97. The molecule has 0 spiro atoms. The summed E-state index contributed by atoms with van der Waals surface area (Å²) in [6, 6.07) is 3.58. The number of amides is 2. The third kappa shape index (κ3) is 2.78. The molecule has 25 heavy (non-hydrogen) atoms. The summed E-state index contributed by atoms with van der Waals surface area (Å²) in [6.45, 7) is 4.79. The Morgan fingerprint density at radius 1 is 1.20 bits per heavy atom. The van der Waals surface area contributed by atoms with Gasteiger partial charge in [-0.15, -0.1) is 0 Å². The second-order valence-corrected chi connectivity index (χ2v) is 7.33.